The standard InChI is InChI=1S/C27H29FN2O4/c1-17-5-4-6-26(29-17)34-15-19-14-30(13-18-7-9-24(31-2)25(11-18)32-3)27-21-12-20(28)8-10-23(21)33-16-22(19)27/h4-12,19,22,27H,13-16H2,1-3H3/t19-,22-,27-/m0/s1. The van der Waals surface area contributed by atoms with Gasteiger partial charge in [-0.15, -0.1) is 0 Å². The predicted octanol–water partition coefficient (Wildman–Crippen LogP) is 4.81. The van der Waals surface area contributed by atoms with Crippen LogP contribution in [0.3, 0.4) is 0 Å². The minimum atomic E-state index is -0.252. The van der Waals surface area contributed by atoms with Gasteiger partial charge in [0.2, 0.25) is 5.88 Å². The van der Waals surface area contributed by atoms with Crippen LogP contribution in [0.2, 0.25) is 0 Å². The first-order valence-corrected chi connectivity index (χ1v) is 11.5. The molecule has 178 valence electrons. The van der Waals surface area contributed by atoms with E-state index in [0.29, 0.717) is 37.1 Å². The van der Waals surface area contributed by atoms with Gasteiger partial charge in [-0.1, -0.05) is 12.1 Å². The van der Waals surface area contributed by atoms with Crippen LogP contribution in [0.4, 0.5) is 4.39 Å². The number of nitrogens with zero attached hydrogens (tertiary/aromatic N) is 2. The van der Waals surface area contributed by atoms with Crippen molar-refractivity contribution in [3.8, 4) is 23.1 Å². The molecule has 0 amide bonds. The number of fused-ring (bicyclic) bond motifs is 3. The first kappa shape index (κ1) is 22.5. The summed E-state index contributed by atoms with van der Waals surface area (Å²) in [5, 5.41) is 0. The van der Waals surface area contributed by atoms with Crippen molar-refractivity contribution in [3.63, 3.8) is 0 Å². The summed E-state index contributed by atoms with van der Waals surface area (Å²) in [5.74, 6) is 2.90. The fraction of sp³-hybridized carbons (Fsp3) is 0.370. The van der Waals surface area contributed by atoms with Gasteiger partial charge in [0.15, 0.2) is 11.5 Å². The number of halogens is 1. The van der Waals surface area contributed by atoms with Crippen molar-refractivity contribution in [1.82, 2.24) is 9.88 Å². The Morgan fingerprint density at radius 3 is 2.71 bits per heavy atom. The van der Waals surface area contributed by atoms with E-state index in [4.69, 9.17) is 18.9 Å². The molecule has 0 saturated carbocycles. The molecule has 3 atom stereocenters. The lowest BCUT2D eigenvalue weighted by Crippen LogP contribution is -2.32. The monoisotopic (exact) mass is 464 g/mol. The first-order chi connectivity index (χ1) is 16.6. The normalized spacial score (nSPS) is 21.4. The molecule has 1 saturated heterocycles. The van der Waals surface area contributed by atoms with Gasteiger partial charge in [-0.05, 0) is 48.9 Å². The zero-order valence-corrected chi connectivity index (χ0v) is 19.7. The molecule has 2 aliphatic rings. The van der Waals surface area contributed by atoms with Crippen molar-refractivity contribution >= 4 is 0 Å². The molecule has 0 spiro atoms. The number of aryl methyl sites for hydroxylation is 1. The maximum atomic E-state index is 14.3. The number of hydrogen-bond acceptors (Lipinski definition) is 6. The first-order valence-electron chi connectivity index (χ1n) is 11.5. The molecule has 1 fully saturated rings. The molecule has 0 radical (unpaired) electrons. The molecule has 5 rings (SSSR count). The van der Waals surface area contributed by atoms with Gasteiger partial charge in [0.1, 0.15) is 11.6 Å². The van der Waals surface area contributed by atoms with Crippen molar-refractivity contribution in [2.24, 2.45) is 11.8 Å². The van der Waals surface area contributed by atoms with Crippen molar-refractivity contribution < 1.29 is 23.3 Å². The van der Waals surface area contributed by atoms with E-state index in [1.807, 2.05) is 43.3 Å². The fourth-order valence-electron chi connectivity index (χ4n) is 5.14. The van der Waals surface area contributed by atoms with Crippen molar-refractivity contribution in [2.75, 3.05) is 34.0 Å². The molecule has 1 aromatic heterocycles. The van der Waals surface area contributed by atoms with Crippen LogP contribution in [-0.4, -0.2) is 43.9 Å². The lowest BCUT2D eigenvalue weighted by Gasteiger charge is -2.34. The second-order valence-electron chi connectivity index (χ2n) is 8.91. The van der Waals surface area contributed by atoms with E-state index in [9.17, 15) is 4.39 Å². The topological polar surface area (TPSA) is 53.1 Å². The molecule has 3 aromatic rings. The van der Waals surface area contributed by atoms with E-state index < -0.39 is 0 Å². The van der Waals surface area contributed by atoms with Gasteiger partial charge in [-0.3, -0.25) is 4.90 Å². The van der Waals surface area contributed by atoms with Crippen molar-refractivity contribution in [3.05, 3.63) is 77.2 Å². The quantitative estimate of drug-likeness (QED) is 0.500. The summed E-state index contributed by atoms with van der Waals surface area (Å²) in [6.07, 6.45) is 0. The van der Waals surface area contributed by atoms with Crippen LogP contribution in [0.25, 0.3) is 0 Å². The van der Waals surface area contributed by atoms with Gasteiger partial charge in [0, 0.05) is 48.3 Å². The second kappa shape index (κ2) is 9.50. The second-order valence-corrected chi connectivity index (χ2v) is 8.91. The highest BCUT2D eigenvalue weighted by atomic mass is 19.1. The SMILES string of the molecule is COc1ccc(CN2C[C@@H](COc3cccc(C)n3)[C@@H]3COc4ccc(F)cc4[C@@H]32)cc1OC. The summed E-state index contributed by atoms with van der Waals surface area (Å²) >= 11 is 0. The minimum Gasteiger partial charge on any atom is -0.493 e. The summed E-state index contributed by atoms with van der Waals surface area (Å²) in [6.45, 7) is 4.53. The maximum Gasteiger partial charge on any atom is 0.213 e. The van der Waals surface area contributed by atoms with E-state index in [0.717, 1.165) is 29.1 Å². The van der Waals surface area contributed by atoms with Crippen LogP contribution in [-0.2, 0) is 6.54 Å². The largest absolute Gasteiger partial charge is 0.493 e. The molecule has 0 bridgehead atoms. The Bertz CT molecular complexity index is 1170. The highest BCUT2D eigenvalue weighted by Crippen LogP contribution is 2.48. The summed E-state index contributed by atoms with van der Waals surface area (Å²) in [5.41, 5.74) is 2.91. The Morgan fingerprint density at radius 1 is 1.06 bits per heavy atom. The predicted molar refractivity (Wildman–Crippen MR) is 126 cm³/mol. The molecular weight excluding hydrogens is 435 g/mol. The van der Waals surface area contributed by atoms with E-state index in [1.54, 1.807) is 26.4 Å². The summed E-state index contributed by atoms with van der Waals surface area (Å²) in [7, 11) is 3.27. The van der Waals surface area contributed by atoms with E-state index in [2.05, 4.69) is 9.88 Å². The third kappa shape index (κ3) is 4.40. The van der Waals surface area contributed by atoms with E-state index >= 15 is 0 Å². The zero-order valence-electron chi connectivity index (χ0n) is 19.7. The lowest BCUT2D eigenvalue weighted by molar-refractivity contribution is 0.121. The fourth-order valence-corrected chi connectivity index (χ4v) is 5.14. The maximum absolute atomic E-state index is 14.3. The van der Waals surface area contributed by atoms with Crippen LogP contribution in [0, 0.1) is 24.6 Å². The van der Waals surface area contributed by atoms with Gasteiger partial charge < -0.3 is 18.9 Å². The summed E-state index contributed by atoms with van der Waals surface area (Å²) < 4.78 is 37.3. The Balaban J connectivity index is 1.42. The Kier molecular flexibility index (Phi) is 6.28. The van der Waals surface area contributed by atoms with Gasteiger partial charge >= 0.3 is 0 Å². The zero-order chi connectivity index (χ0) is 23.7. The lowest BCUT2D eigenvalue weighted by atomic mass is 9.85. The van der Waals surface area contributed by atoms with Crippen LogP contribution in [0.1, 0.15) is 22.9 Å². The Labute approximate surface area is 199 Å². The van der Waals surface area contributed by atoms with E-state index in [-0.39, 0.29) is 23.7 Å². The number of ether oxygens (including phenoxy) is 4. The van der Waals surface area contributed by atoms with Crippen LogP contribution in [0.15, 0.2) is 54.6 Å². The molecule has 3 heterocycles. The minimum absolute atomic E-state index is 0.0339. The summed E-state index contributed by atoms with van der Waals surface area (Å²) in [6, 6.07) is 16.6. The molecule has 2 aliphatic heterocycles. The summed E-state index contributed by atoms with van der Waals surface area (Å²) in [4.78, 5) is 6.86. The highest BCUT2D eigenvalue weighted by molar-refractivity contribution is 5.43. The molecule has 0 aliphatic carbocycles. The van der Waals surface area contributed by atoms with E-state index in [1.165, 1.54) is 6.07 Å². The van der Waals surface area contributed by atoms with Gasteiger partial charge in [-0.2, -0.15) is 0 Å². The molecule has 34 heavy (non-hydrogen) atoms. The van der Waals surface area contributed by atoms with Gasteiger partial charge in [-0.25, -0.2) is 9.37 Å². The molecule has 7 heteroatoms. The third-order valence-corrected chi connectivity index (χ3v) is 6.74. The number of benzene rings is 2. The average molecular weight is 465 g/mol. The van der Waals surface area contributed by atoms with Crippen LogP contribution < -0.4 is 18.9 Å². The number of hydrogen-bond donors (Lipinski definition) is 0. The Hall–Kier alpha value is -3.32. The Morgan fingerprint density at radius 2 is 1.91 bits per heavy atom. The average Bonchev–Trinajstić information content (AvgIpc) is 3.20. The number of methoxy groups -OCH3 is 2. The number of likely N-dealkylation sites (tertiary alicyclic amines) is 1. The molecular formula is C27H29FN2O4. The van der Waals surface area contributed by atoms with Crippen molar-refractivity contribution in [2.45, 2.75) is 19.5 Å². The molecule has 2 aromatic carbocycles. The van der Waals surface area contributed by atoms with Crippen LogP contribution >= 0.6 is 0 Å². The smallest absolute Gasteiger partial charge is 0.213 e. The molecule has 6 nitrogen and oxygen atoms in total. The number of pyridine rings is 1. The number of aromatic nitrogens is 1. The molecule has 0 unspecified atom stereocenters. The number of rotatable bonds is 7. The molecule has 0 N–H and O–H groups in total. The van der Waals surface area contributed by atoms with Crippen LogP contribution in [0.5, 0.6) is 23.1 Å². The van der Waals surface area contributed by atoms with Crippen molar-refractivity contribution in [1.29, 1.82) is 0 Å². The highest BCUT2D eigenvalue weighted by Gasteiger charge is 2.46. The van der Waals surface area contributed by atoms with Gasteiger partial charge in [0.25, 0.3) is 0 Å². The third-order valence-electron chi connectivity index (χ3n) is 6.74. The van der Waals surface area contributed by atoms with Gasteiger partial charge in [0.05, 0.1) is 27.4 Å².